The maximum Gasteiger partial charge on any atom is 0.192 e. The van der Waals surface area contributed by atoms with E-state index in [0.717, 1.165) is 12.9 Å². The van der Waals surface area contributed by atoms with Gasteiger partial charge in [-0.05, 0) is 6.32 Å². The lowest BCUT2D eigenvalue weighted by Gasteiger charge is -2.33. The predicted octanol–water partition coefficient (Wildman–Crippen LogP) is 0.0244. The Balaban J connectivity index is 2.40. The van der Waals surface area contributed by atoms with Gasteiger partial charge in [-0.15, -0.1) is 0 Å². The normalized spacial score (nSPS) is 40.9. The number of hydrogen-bond acceptors (Lipinski definition) is 1. The Morgan fingerprint density at radius 2 is 2.43 bits per heavy atom. The molecule has 0 aromatic heterocycles. The third-order valence-electron chi connectivity index (χ3n) is 1.32. The van der Waals surface area contributed by atoms with Gasteiger partial charge in [-0.25, -0.2) is 0 Å². The molecule has 0 bridgehead atoms. The summed E-state index contributed by atoms with van der Waals surface area (Å²) < 4.78 is -0.0556. The second kappa shape index (κ2) is 1.49. The summed E-state index contributed by atoms with van der Waals surface area (Å²) in [5.74, 6) is 0. The van der Waals surface area contributed by atoms with Crippen LogP contribution >= 0.6 is 0 Å². The lowest BCUT2D eigenvalue weighted by Crippen LogP contribution is -2.33. The summed E-state index contributed by atoms with van der Waals surface area (Å²) in [6, 6.07) is 0. The third-order valence-corrected chi connectivity index (χ3v) is 1.32. The molecule has 0 aliphatic carbocycles. The van der Waals surface area contributed by atoms with Crippen molar-refractivity contribution in [2.24, 2.45) is 0 Å². The van der Waals surface area contributed by atoms with Crippen LogP contribution in [0.25, 0.3) is 0 Å². The minimum atomic E-state index is -0.0556. The van der Waals surface area contributed by atoms with Crippen molar-refractivity contribution in [1.82, 2.24) is 0 Å². The Morgan fingerprint density at radius 1 is 1.71 bits per heavy atom. The van der Waals surface area contributed by atoms with Crippen LogP contribution in [0.15, 0.2) is 0 Å². The first-order chi connectivity index (χ1) is 3.21. The van der Waals surface area contributed by atoms with Gasteiger partial charge >= 0.3 is 0 Å². The van der Waals surface area contributed by atoms with Gasteiger partial charge in [0.05, 0.1) is 13.6 Å². The van der Waals surface area contributed by atoms with Gasteiger partial charge in [0.15, 0.2) is 7.28 Å². The molecule has 7 heavy (non-hydrogen) atoms. The Morgan fingerprint density at radius 3 is 2.57 bits per heavy atom. The summed E-state index contributed by atoms with van der Waals surface area (Å²) in [7, 11) is 3.76. The number of hydrogen-bond donors (Lipinski definition) is 0. The molecule has 3 heteroatoms. The van der Waals surface area contributed by atoms with Gasteiger partial charge in [-0.1, -0.05) is 0 Å². The monoisotopic (exact) mass is 98.1 g/mol. The second-order valence-electron chi connectivity index (χ2n) is 2.28. The largest absolute Gasteiger partial charge is 0.634 e. The fraction of sp³-hybridized carbons (Fsp3) is 1.00. The minimum Gasteiger partial charge on any atom is -0.634 e. The third kappa shape index (κ3) is 1.18. The number of hydroxylamine groups is 3. The van der Waals surface area contributed by atoms with Crippen LogP contribution in [0.4, 0.5) is 0 Å². The summed E-state index contributed by atoms with van der Waals surface area (Å²) in [5, 5.41) is 10.8. The maximum absolute atomic E-state index is 10.8. The van der Waals surface area contributed by atoms with Crippen molar-refractivity contribution in [3.05, 3.63) is 5.21 Å². The van der Waals surface area contributed by atoms with E-state index in [1.165, 1.54) is 0 Å². The average molecular weight is 97.9 g/mol. The van der Waals surface area contributed by atoms with Crippen LogP contribution < -0.4 is 0 Å². The van der Waals surface area contributed by atoms with Crippen molar-refractivity contribution in [3.8, 4) is 0 Å². The summed E-state index contributed by atoms with van der Waals surface area (Å²) in [6.45, 7) is 0.778. The highest BCUT2D eigenvalue weighted by Crippen LogP contribution is 2.06. The van der Waals surface area contributed by atoms with Crippen LogP contribution in [0.5, 0.6) is 0 Å². The van der Waals surface area contributed by atoms with Crippen molar-refractivity contribution in [2.75, 3.05) is 20.0 Å². The Bertz CT molecular complexity index is 66.1. The van der Waals surface area contributed by atoms with Gasteiger partial charge in [0.1, 0.15) is 0 Å². The molecule has 1 rings (SSSR count). The highest BCUT2D eigenvalue weighted by Gasteiger charge is 2.17. The number of nitrogens with zero attached hydrogens (tertiary/aromatic N) is 1. The molecule has 0 amide bonds. The molecule has 39 valence electrons. The number of rotatable bonds is 0. The highest BCUT2D eigenvalue weighted by molar-refractivity contribution is 6.35. The van der Waals surface area contributed by atoms with Gasteiger partial charge < -0.3 is 9.85 Å². The molecule has 1 fully saturated rings. The first-order valence-corrected chi connectivity index (χ1v) is 2.58. The lowest BCUT2D eigenvalue weighted by atomic mass is 9.79. The van der Waals surface area contributed by atoms with Crippen LogP contribution in [0.1, 0.15) is 0 Å². The van der Waals surface area contributed by atoms with E-state index in [-0.39, 0.29) is 4.65 Å². The lowest BCUT2D eigenvalue weighted by molar-refractivity contribution is -0.841. The average Bonchev–Trinajstić information content (AvgIpc) is 1.84. The van der Waals surface area contributed by atoms with Crippen molar-refractivity contribution in [1.29, 1.82) is 0 Å². The molecule has 2 nitrogen and oxygen atoms in total. The molecule has 0 saturated carbocycles. The van der Waals surface area contributed by atoms with Crippen LogP contribution in [0, 0.1) is 5.21 Å². The van der Waals surface area contributed by atoms with Crippen molar-refractivity contribution < 1.29 is 4.65 Å². The minimum absolute atomic E-state index is 0.0556. The van der Waals surface area contributed by atoms with Gasteiger partial charge in [0.25, 0.3) is 0 Å². The zero-order chi connectivity index (χ0) is 5.33. The van der Waals surface area contributed by atoms with E-state index in [1.54, 1.807) is 7.05 Å². The maximum atomic E-state index is 10.8. The van der Waals surface area contributed by atoms with Crippen LogP contribution in [-0.2, 0) is 0 Å². The molecule has 1 aliphatic heterocycles. The van der Waals surface area contributed by atoms with Gasteiger partial charge in [-0.2, -0.15) is 0 Å². The van der Waals surface area contributed by atoms with Crippen molar-refractivity contribution in [2.45, 2.75) is 6.32 Å². The standard InChI is InChI=1S/C4H9BNO/c1-6(7)3-2-5-4-6/h2-4H2,1H3. The second-order valence-corrected chi connectivity index (χ2v) is 2.28. The molecule has 1 unspecified atom stereocenters. The summed E-state index contributed by atoms with van der Waals surface area (Å²) in [4.78, 5) is 0. The first-order valence-electron chi connectivity index (χ1n) is 2.58. The zero-order valence-electron chi connectivity index (χ0n) is 4.55. The fourth-order valence-electron chi connectivity index (χ4n) is 0.820. The zero-order valence-corrected chi connectivity index (χ0v) is 4.55. The Labute approximate surface area is 44.5 Å². The van der Waals surface area contributed by atoms with Crippen LogP contribution in [0.3, 0.4) is 0 Å². The van der Waals surface area contributed by atoms with E-state index in [9.17, 15) is 5.21 Å². The Hall–Kier alpha value is -0.0151. The predicted molar refractivity (Wildman–Crippen MR) is 29.8 cm³/mol. The molecular weight excluding hydrogens is 88.9 g/mol. The summed E-state index contributed by atoms with van der Waals surface area (Å²) in [5.41, 5.74) is 0. The molecule has 0 N–H and O–H groups in total. The smallest absolute Gasteiger partial charge is 0.192 e. The quantitative estimate of drug-likeness (QED) is 0.238. The summed E-state index contributed by atoms with van der Waals surface area (Å²) in [6.07, 6.45) is 1.71. The van der Waals surface area contributed by atoms with E-state index in [1.807, 2.05) is 7.28 Å². The van der Waals surface area contributed by atoms with Gasteiger partial charge in [0.2, 0.25) is 0 Å². The highest BCUT2D eigenvalue weighted by atomic mass is 16.5. The molecule has 1 radical (unpaired) electrons. The fourth-order valence-corrected chi connectivity index (χ4v) is 0.820. The molecule has 1 aliphatic rings. The number of quaternary nitrogens is 1. The Kier molecular flexibility index (Phi) is 1.09. The molecular formula is C4H9BNO. The van der Waals surface area contributed by atoms with E-state index < -0.39 is 0 Å². The topological polar surface area (TPSA) is 23.1 Å². The van der Waals surface area contributed by atoms with E-state index in [4.69, 9.17) is 0 Å². The van der Waals surface area contributed by atoms with E-state index >= 15 is 0 Å². The SMILES string of the molecule is C[N+]1([O-])C[B]CC1. The van der Waals surface area contributed by atoms with Gasteiger partial charge in [0, 0.05) is 6.44 Å². The van der Waals surface area contributed by atoms with E-state index in [2.05, 4.69) is 0 Å². The molecule has 1 saturated heterocycles. The van der Waals surface area contributed by atoms with Crippen LogP contribution in [-0.4, -0.2) is 32.0 Å². The van der Waals surface area contributed by atoms with Crippen molar-refractivity contribution >= 4 is 7.28 Å². The summed E-state index contributed by atoms with van der Waals surface area (Å²) >= 11 is 0. The molecule has 0 spiro atoms. The van der Waals surface area contributed by atoms with Crippen LogP contribution in [0.2, 0.25) is 6.32 Å². The molecule has 1 atom stereocenters. The van der Waals surface area contributed by atoms with Gasteiger partial charge in [-0.3, -0.25) is 0 Å². The van der Waals surface area contributed by atoms with Crippen molar-refractivity contribution in [3.63, 3.8) is 0 Å². The molecule has 0 aromatic carbocycles. The first kappa shape index (κ1) is 5.13. The molecule has 1 heterocycles. The van der Waals surface area contributed by atoms with E-state index in [0.29, 0.717) is 6.44 Å². The molecule has 0 aromatic rings.